The zero-order chi connectivity index (χ0) is 7.56. The number of rotatable bonds is 1. The van der Waals surface area contributed by atoms with E-state index in [1.54, 1.807) is 0 Å². The van der Waals surface area contributed by atoms with Gasteiger partial charge in [0.15, 0.2) is 0 Å². The van der Waals surface area contributed by atoms with Crippen LogP contribution in [-0.2, 0) is 0 Å². The fourth-order valence-corrected chi connectivity index (χ4v) is 1.53. The molecule has 0 spiro atoms. The van der Waals surface area contributed by atoms with E-state index in [1.165, 1.54) is 0 Å². The Bertz CT molecular complexity index is 95.0. The molecule has 0 bridgehead atoms. The first-order valence-corrected chi connectivity index (χ1v) is 3.96. The fourth-order valence-electron chi connectivity index (χ4n) is 1.53. The van der Waals surface area contributed by atoms with E-state index in [4.69, 9.17) is 11.5 Å². The lowest BCUT2D eigenvalue weighted by Crippen LogP contribution is -2.51. The molecule has 0 amide bonds. The molecule has 2 atom stereocenters. The van der Waals surface area contributed by atoms with Gasteiger partial charge in [0.1, 0.15) is 0 Å². The molecule has 1 rings (SSSR count). The van der Waals surface area contributed by atoms with Crippen LogP contribution < -0.4 is 11.5 Å². The van der Waals surface area contributed by atoms with Crippen molar-refractivity contribution in [2.45, 2.75) is 25.4 Å². The fraction of sp³-hybridized carbons (Fsp3) is 1.00. The van der Waals surface area contributed by atoms with E-state index in [2.05, 4.69) is 11.8 Å². The summed E-state index contributed by atoms with van der Waals surface area (Å²) in [5.41, 5.74) is 11.5. The second kappa shape index (κ2) is 3.32. The average molecular weight is 143 g/mol. The predicted octanol–water partition coefficient (Wildman–Crippen LogP) is -0.633. The van der Waals surface area contributed by atoms with Crippen LogP contribution in [0.4, 0.5) is 0 Å². The third-order valence-corrected chi connectivity index (χ3v) is 2.04. The summed E-state index contributed by atoms with van der Waals surface area (Å²) in [5, 5.41) is 0. The van der Waals surface area contributed by atoms with Crippen LogP contribution in [-0.4, -0.2) is 36.6 Å². The van der Waals surface area contributed by atoms with Crippen LogP contribution >= 0.6 is 0 Å². The predicted molar refractivity (Wildman–Crippen MR) is 42.7 cm³/mol. The minimum Gasteiger partial charge on any atom is -0.326 e. The molecule has 0 aromatic rings. The van der Waals surface area contributed by atoms with Crippen molar-refractivity contribution in [1.29, 1.82) is 0 Å². The van der Waals surface area contributed by atoms with Gasteiger partial charge in [-0.3, -0.25) is 0 Å². The molecule has 0 aliphatic carbocycles. The van der Waals surface area contributed by atoms with Crippen LogP contribution in [0.2, 0.25) is 0 Å². The molecule has 1 saturated heterocycles. The van der Waals surface area contributed by atoms with Gasteiger partial charge in [0.25, 0.3) is 0 Å². The first-order valence-electron chi connectivity index (χ1n) is 3.96. The maximum Gasteiger partial charge on any atom is 0.0183 e. The Morgan fingerprint density at radius 1 is 1.30 bits per heavy atom. The summed E-state index contributed by atoms with van der Waals surface area (Å²) in [5.74, 6) is 0. The third-order valence-electron chi connectivity index (χ3n) is 2.04. The summed E-state index contributed by atoms with van der Waals surface area (Å²) < 4.78 is 0. The van der Waals surface area contributed by atoms with Crippen molar-refractivity contribution in [2.24, 2.45) is 11.5 Å². The Balaban J connectivity index is 2.35. The van der Waals surface area contributed by atoms with Gasteiger partial charge in [-0.05, 0) is 13.0 Å². The summed E-state index contributed by atoms with van der Waals surface area (Å²) in [4.78, 5) is 2.30. The van der Waals surface area contributed by atoms with Crippen LogP contribution in [0, 0.1) is 0 Å². The zero-order valence-corrected chi connectivity index (χ0v) is 6.59. The SMILES string of the molecule is CCN1CC(N)CC(N)C1. The van der Waals surface area contributed by atoms with E-state index in [1.807, 2.05) is 0 Å². The van der Waals surface area contributed by atoms with Gasteiger partial charge >= 0.3 is 0 Å². The van der Waals surface area contributed by atoms with E-state index < -0.39 is 0 Å². The molecule has 60 valence electrons. The average Bonchev–Trinajstić information content (AvgIpc) is 1.85. The van der Waals surface area contributed by atoms with Gasteiger partial charge in [-0.1, -0.05) is 6.92 Å². The standard InChI is InChI=1S/C7H17N3/c1-2-10-4-6(8)3-7(9)5-10/h6-7H,2-5,8-9H2,1H3. The van der Waals surface area contributed by atoms with Crippen molar-refractivity contribution >= 4 is 0 Å². The molecule has 0 saturated carbocycles. The molecule has 3 nitrogen and oxygen atoms in total. The maximum atomic E-state index is 5.77. The lowest BCUT2D eigenvalue weighted by atomic mass is 10.0. The van der Waals surface area contributed by atoms with E-state index in [0.29, 0.717) is 12.1 Å². The highest BCUT2D eigenvalue weighted by Gasteiger charge is 2.20. The Hall–Kier alpha value is -0.120. The molecule has 0 aromatic carbocycles. The molecule has 1 aliphatic heterocycles. The Kier molecular flexibility index (Phi) is 2.65. The number of nitrogens with zero attached hydrogens (tertiary/aromatic N) is 1. The number of likely N-dealkylation sites (tertiary alicyclic amines) is 1. The number of likely N-dealkylation sites (N-methyl/N-ethyl adjacent to an activating group) is 1. The molecule has 1 fully saturated rings. The highest BCUT2D eigenvalue weighted by atomic mass is 15.2. The van der Waals surface area contributed by atoms with Crippen molar-refractivity contribution < 1.29 is 0 Å². The Morgan fingerprint density at radius 3 is 2.20 bits per heavy atom. The summed E-state index contributed by atoms with van der Waals surface area (Å²) in [6.07, 6.45) is 0.983. The number of nitrogens with two attached hydrogens (primary N) is 2. The highest BCUT2D eigenvalue weighted by Crippen LogP contribution is 2.06. The first kappa shape index (κ1) is 7.98. The van der Waals surface area contributed by atoms with Gasteiger partial charge in [-0.2, -0.15) is 0 Å². The summed E-state index contributed by atoms with van der Waals surface area (Å²) in [6, 6.07) is 0.590. The van der Waals surface area contributed by atoms with Gasteiger partial charge in [-0.15, -0.1) is 0 Å². The lowest BCUT2D eigenvalue weighted by Gasteiger charge is -2.33. The molecule has 1 heterocycles. The van der Waals surface area contributed by atoms with Crippen LogP contribution in [0.1, 0.15) is 13.3 Å². The summed E-state index contributed by atoms with van der Waals surface area (Å²) in [7, 11) is 0. The quantitative estimate of drug-likeness (QED) is 0.513. The largest absolute Gasteiger partial charge is 0.326 e. The molecule has 0 aromatic heterocycles. The molecule has 4 N–H and O–H groups in total. The zero-order valence-electron chi connectivity index (χ0n) is 6.59. The van der Waals surface area contributed by atoms with Crippen molar-refractivity contribution in [2.75, 3.05) is 19.6 Å². The third kappa shape index (κ3) is 1.94. The molecule has 2 unspecified atom stereocenters. The number of piperidine rings is 1. The van der Waals surface area contributed by atoms with Gasteiger partial charge in [0, 0.05) is 25.2 Å². The normalized spacial score (nSPS) is 36.3. The minimum absolute atomic E-state index is 0.295. The van der Waals surface area contributed by atoms with E-state index in [0.717, 1.165) is 26.1 Å². The smallest absolute Gasteiger partial charge is 0.0183 e. The molecule has 1 aliphatic rings. The minimum atomic E-state index is 0.295. The Labute approximate surface area is 62.4 Å². The van der Waals surface area contributed by atoms with Crippen LogP contribution in [0.15, 0.2) is 0 Å². The summed E-state index contributed by atoms with van der Waals surface area (Å²) in [6.45, 7) is 5.25. The van der Waals surface area contributed by atoms with Crippen LogP contribution in [0.5, 0.6) is 0 Å². The summed E-state index contributed by atoms with van der Waals surface area (Å²) >= 11 is 0. The molecular formula is C7H17N3. The van der Waals surface area contributed by atoms with E-state index in [9.17, 15) is 0 Å². The van der Waals surface area contributed by atoms with Crippen molar-refractivity contribution in [3.8, 4) is 0 Å². The van der Waals surface area contributed by atoms with E-state index >= 15 is 0 Å². The molecular weight excluding hydrogens is 126 g/mol. The second-order valence-electron chi connectivity index (χ2n) is 3.11. The van der Waals surface area contributed by atoms with Crippen molar-refractivity contribution in [1.82, 2.24) is 4.90 Å². The first-order chi connectivity index (χ1) is 4.72. The second-order valence-corrected chi connectivity index (χ2v) is 3.11. The van der Waals surface area contributed by atoms with Crippen molar-refractivity contribution in [3.05, 3.63) is 0 Å². The number of hydrogen-bond donors (Lipinski definition) is 2. The van der Waals surface area contributed by atoms with Gasteiger partial charge in [-0.25, -0.2) is 0 Å². The van der Waals surface area contributed by atoms with Gasteiger partial charge in [0.2, 0.25) is 0 Å². The van der Waals surface area contributed by atoms with Crippen molar-refractivity contribution in [3.63, 3.8) is 0 Å². The van der Waals surface area contributed by atoms with Gasteiger partial charge in [0.05, 0.1) is 0 Å². The highest BCUT2D eigenvalue weighted by molar-refractivity contribution is 4.82. The topological polar surface area (TPSA) is 55.3 Å². The molecule has 0 radical (unpaired) electrons. The van der Waals surface area contributed by atoms with Crippen LogP contribution in [0.25, 0.3) is 0 Å². The monoisotopic (exact) mass is 143 g/mol. The van der Waals surface area contributed by atoms with Crippen LogP contribution in [0.3, 0.4) is 0 Å². The molecule has 10 heavy (non-hydrogen) atoms. The van der Waals surface area contributed by atoms with E-state index in [-0.39, 0.29) is 0 Å². The maximum absolute atomic E-state index is 5.77. The number of hydrogen-bond acceptors (Lipinski definition) is 3. The van der Waals surface area contributed by atoms with Gasteiger partial charge < -0.3 is 16.4 Å². The lowest BCUT2D eigenvalue weighted by molar-refractivity contribution is 0.199. The molecule has 3 heteroatoms. The Morgan fingerprint density at radius 2 is 1.80 bits per heavy atom.